The minimum absolute atomic E-state index is 0.107. The number of rotatable bonds is 3. The molecule has 0 saturated heterocycles. The largest absolute Gasteiger partial charge is 0.478 e. The summed E-state index contributed by atoms with van der Waals surface area (Å²) in [5, 5.41) is 8.75. The molecule has 19 heavy (non-hydrogen) atoms. The van der Waals surface area contributed by atoms with Crippen molar-refractivity contribution in [2.45, 2.75) is 0 Å². The van der Waals surface area contributed by atoms with Gasteiger partial charge in [-0.3, -0.25) is 0 Å². The summed E-state index contributed by atoms with van der Waals surface area (Å²) in [6.45, 7) is 0. The lowest BCUT2D eigenvalue weighted by Crippen LogP contribution is -2.10. The van der Waals surface area contributed by atoms with Crippen LogP contribution in [-0.2, 0) is 0 Å². The highest BCUT2D eigenvalue weighted by Crippen LogP contribution is 2.21. The zero-order valence-electron chi connectivity index (χ0n) is 9.87. The van der Waals surface area contributed by atoms with Crippen molar-refractivity contribution < 1.29 is 19.4 Å². The van der Waals surface area contributed by atoms with E-state index in [2.05, 4.69) is 0 Å². The predicted octanol–water partition coefficient (Wildman–Crippen LogP) is 2.19. The van der Waals surface area contributed by atoms with Crippen LogP contribution in [0.25, 0.3) is 0 Å². The molecule has 0 radical (unpaired) electrons. The number of carboxylic acids is 1. The van der Waals surface area contributed by atoms with Crippen LogP contribution in [-0.4, -0.2) is 17.0 Å². The van der Waals surface area contributed by atoms with Crippen LogP contribution < -0.4 is 10.5 Å². The molecule has 5 nitrogen and oxygen atoms in total. The highest BCUT2D eigenvalue weighted by Gasteiger charge is 2.11. The van der Waals surface area contributed by atoms with Gasteiger partial charge in [0.05, 0.1) is 16.8 Å². The second-order valence-corrected chi connectivity index (χ2v) is 3.81. The molecular weight excluding hydrogens is 246 g/mol. The topological polar surface area (TPSA) is 89.6 Å². The number of para-hydroxylation sites is 2. The van der Waals surface area contributed by atoms with E-state index in [0.29, 0.717) is 5.69 Å². The number of anilines is 1. The molecular formula is C14H11NO4. The van der Waals surface area contributed by atoms with E-state index in [9.17, 15) is 9.59 Å². The lowest BCUT2D eigenvalue weighted by atomic mass is 10.1. The van der Waals surface area contributed by atoms with Crippen molar-refractivity contribution in [1.82, 2.24) is 0 Å². The first-order valence-electron chi connectivity index (χ1n) is 5.48. The van der Waals surface area contributed by atoms with Gasteiger partial charge in [-0.15, -0.1) is 0 Å². The summed E-state index contributed by atoms with van der Waals surface area (Å²) >= 11 is 0. The lowest BCUT2D eigenvalue weighted by molar-refractivity contribution is 0.0692. The third-order valence-electron chi connectivity index (χ3n) is 2.49. The van der Waals surface area contributed by atoms with E-state index in [1.807, 2.05) is 0 Å². The van der Waals surface area contributed by atoms with E-state index in [1.165, 1.54) is 24.3 Å². The fourth-order valence-corrected chi connectivity index (χ4v) is 1.48. The Labute approximate surface area is 109 Å². The van der Waals surface area contributed by atoms with Crippen molar-refractivity contribution in [3.05, 3.63) is 59.7 Å². The molecule has 5 heteroatoms. The maximum Gasteiger partial charge on any atom is 0.343 e. The van der Waals surface area contributed by atoms with Crippen LogP contribution in [0, 0.1) is 0 Å². The normalized spacial score (nSPS) is 9.89. The third kappa shape index (κ3) is 2.90. The third-order valence-corrected chi connectivity index (χ3v) is 2.49. The van der Waals surface area contributed by atoms with Crippen molar-refractivity contribution >= 4 is 17.6 Å². The monoisotopic (exact) mass is 257 g/mol. The van der Waals surface area contributed by atoms with E-state index in [-0.39, 0.29) is 16.9 Å². The number of nitrogens with two attached hydrogens (primary N) is 1. The van der Waals surface area contributed by atoms with E-state index < -0.39 is 11.9 Å². The summed E-state index contributed by atoms with van der Waals surface area (Å²) in [7, 11) is 0. The van der Waals surface area contributed by atoms with Crippen LogP contribution in [0.15, 0.2) is 48.5 Å². The quantitative estimate of drug-likeness (QED) is 0.499. The molecule has 0 atom stereocenters. The number of hydrogen-bond donors (Lipinski definition) is 2. The Morgan fingerprint density at radius 1 is 0.947 bits per heavy atom. The predicted molar refractivity (Wildman–Crippen MR) is 69.2 cm³/mol. The molecule has 0 fully saturated rings. The number of benzene rings is 2. The number of ether oxygens (including phenoxy) is 1. The van der Waals surface area contributed by atoms with Crippen molar-refractivity contribution in [3.8, 4) is 5.75 Å². The summed E-state index contributed by atoms with van der Waals surface area (Å²) in [6.07, 6.45) is 0. The maximum absolute atomic E-state index is 11.8. The minimum Gasteiger partial charge on any atom is -0.478 e. The maximum atomic E-state index is 11.8. The number of nitrogen functional groups attached to an aromatic ring is 1. The van der Waals surface area contributed by atoms with Crippen LogP contribution in [0.3, 0.4) is 0 Å². The molecule has 2 rings (SSSR count). The Kier molecular flexibility index (Phi) is 3.47. The summed E-state index contributed by atoms with van der Waals surface area (Å²) in [5.41, 5.74) is 6.38. The van der Waals surface area contributed by atoms with Gasteiger partial charge in [0.2, 0.25) is 0 Å². The minimum atomic E-state index is -1.05. The van der Waals surface area contributed by atoms with E-state index in [1.54, 1.807) is 24.3 Å². The van der Waals surface area contributed by atoms with Crippen molar-refractivity contribution in [2.75, 3.05) is 5.73 Å². The molecule has 0 aliphatic heterocycles. The van der Waals surface area contributed by atoms with Gasteiger partial charge in [0.15, 0.2) is 5.75 Å². The molecule has 0 aromatic heterocycles. The summed E-state index contributed by atoms with van der Waals surface area (Å²) in [4.78, 5) is 22.5. The second kappa shape index (κ2) is 5.22. The van der Waals surface area contributed by atoms with Crippen LogP contribution in [0.2, 0.25) is 0 Å². The molecule has 0 aliphatic rings. The zero-order valence-corrected chi connectivity index (χ0v) is 9.87. The van der Waals surface area contributed by atoms with Gasteiger partial charge in [0, 0.05) is 0 Å². The Balaban J connectivity index is 2.16. The van der Waals surface area contributed by atoms with E-state index in [0.717, 1.165) is 0 Å². The Bertz CT molecular complexity index is 620. The van der Waals surface area contributed by atoms with Gasteiger partial charge in [-0.25, -0.2) is 9.59 Å². The van der Waals surface area contributed by atoms with Gasteiger partial charge in [-0.1, -0.05) is 12.1 Å². The number of carbonyl (C=O) groups excluding carboxylic acids is 1. The summed E-state index contributed by atoms with van der Waals surface area (Å²) in [6, 6.07) is 12.1. The smallest absolute Gasteiger partial charge is 0.343 e. The molecule has 0 unspecified atom stereocenters. The van der Waals surface area contributed by atoms with Crippen molar-refractivity contribution in [1.29, 1.82) is 0 Å². The number of hydrogen-bond acceptors (Lipinski definition) is 4. The first-order chi connectivity index (χ1) is 9.08. The Hall–Kier alpha value is -2.82. The second-order valence-electron chi connectivity index (χ2n) is 3.81. The fourth-order valence-electron chi connectivity index (χ4n) is 1.48. The van der Waals surface area contributed by atoms with Gasteiger partial charge in [-0.2, -0.15) is 0 Å². The van der Waals surface area contributed by atoms with Gasteiger partial charge < -0.3 is 15.6 Å². The van der Waals surface area contributed by atoms with Crippen LogP contribution in [0.4, 0.5) is 5.69 Å². The molecule has 0 saturated carbocycles. The van der Waals surface area contributed by atoms with Crippen LogP contribution in [0.5, 0.6) is 5.75 Å². The number of carboxylic acid groups (broad SMARTS) is 1. The molecule has 0 bridgehead atoms. The molecule has 3 N–H and O–H groups in total. The van der Waals surface area contributed by atoms with Crippen molar-refractivity contribution in [3.63, 3.8) is 0 Å². The fraction of sp³-hybridized carbons (Fsp3) is 0. The Morgan fingerprint density at radius 3 is 2.11 bits per heavy atom. The molecule has 0 spiro atoms. The van der Waals surface area contributed by atoms with E-state index in [4.69, 9.17) is 15.6 Å². The highest BCUT2D eigenvalue weighted by atomic mass is 16.5. The van der Waals surface area contributed by atoms with E-state index >= 15 is 0 Å². The van der Waals surface area contributed by atoms with Gasteiger partial charge in [-0.05, 0) is 36.4 Å². The summed E-state index contributed by atoms with van der Waals surface area (Å²) in [5.74, 6) is -1.36. The summed E-state index contributed by atoms with van der Waals surface area (Å²) < 4.78 is 5.12. The molecule has 2 aromatic carbocycles. The van der Waals surface area contributed by atoms with Gasteiger partial charge in [0.25, 0.3) is 0 Å². The average molecular weight is 257 g/mol. The van der Waals surface area contributed by atoms with Gasteiger partial charge >= 0.3 is 11.9 Å². The average Bonchev–Trinajstić information content (AvgIpc) is 2.41. The number of carbonyl (C=O) groups is 2. The Morgan fingerprint density at radius 2 is 1.53 bits per heavy atom. The number of aromatic carboxylic acids is 1. The first-order valence-corrected chi connectivity index (χ1v) is 5.48. The number of esters is 1. The SMILES string of the molecule is Nc1ccccc1OC(=O)c1ccc(C(=O)O)cc1. The van der Waals surface area contributed by atoms with Crippen molar-refractivity contribution in [2.24, 2.45) is 0 Å². The van der Waals surface area contributed by atoms with Gasteiger partial charge in [0.1, 0.15) is 0 Å². The molecule has 0 aliphatic carbocycles. The molecule has 2 aromatic rings. The highest BCUT2D eigenvalue weighted by molar-refractivity contribution is 5.94. The molecule has 96 valence electrons. The zero-order chi connectivity index (χ0) is 13.8. The van der Waals surface area contributed by atoms with Crippen LogP contribution in [0.1, 0.15) is 20.7 Å². The molecule has 0 amide bonds. The molecule has 0 heterocycles. The first kappa shape index (κ1) is 12.6. The van der Waals surface area contributed by atoms with Crippen LogP contribution >= 0.6 is 0 Å². The lowest BCUT2D eigenvalue weighted by Gasteiger charge is -2.06. The standard InChI is InChI=1S/C14H11NO4/c15-11-3-1-2-4-12(11)19-14(18)10-7-5-9(6-8-10)13(16)17/h1-8H,15H2,(H,16,17).